The average molecular weight is 503 g/mol. The van der Waals surface area contributed by atoms with Gasteiger partial charge in [0.05, 0.1) is 19.3 Å². The van der Waals surface area contributed by atoms with Crippen LogP contribution in [0.25, 0.3) is 0 Å². The average Bonchev–Trinajstić information content (AvgIpc) is 3.28. The summed E-state index contributed by atoms with van der Waals surface area (Å²) >= 11 is 1.62. The van der Waals surface area contributed by atoms with E-state index in [1.807, 2.05) is 31.5 Å². The molecule has 1 atom stereocenters. The highest BCUT2D eigenvalue weighted by molar-refractivity contribution is 7.98. The van der Waals surface area contributed by atoms with Crippen LogP contribution in [0.15, 0.2) is 24.4 Å². The van der Waals surface area contributed by atoms with Gasteiger partial charge in [-0.1, -0.05) is 11.3 Å². The Morgan fingerprint density at radius 3 is 2.86 bits per heavy atom. The molecule has 0 unspecified atom stereocenters. The first-order valence-electron chi connectivity index (χ1n) is 11.8. The largest absolute Gasteiger partial charge is 0.494 e. The van der Waals surface area contributed by atoms with Crippen molar-refractivity contribution in [2.45, 2.75) is 52.2 Å². The number of rotatable bonds is 3. The van der Waals surface area contributed by atoms with Gasteiger partial charge in [-0.15, -0.1) is 5.10 Å². The van der Waals surface area contributed by atoms with Gasteiger partial charge in [-0.05, 0) is 49.5 Å². The van der Waals surface area contributed by atoms with Crippen LogP contribution in [0.2, 0.25) is 0 Å². The third kappa shape index (κ3) is 7.98. The van der Waals surface area contributed by atoms with Crippen molar-refractivity contribution in [3.8, 4) is 5.75 Å². The fourth-order valence-electron chi connectivity index (χ4n) is 3.76. The number of ether oxygens (including phenoxy) is 1. The van der Waals surface area contributed by atoms with Gasteiger partial charge in [0.2, 0.25) is 11.8 Å². The van der Waals surface area contributed by atoms with Gasteiger partial charge in [0.15, 0.2) is 0 Å². The van der Waals surface area contributed by atoms with Crippen LogP contribution in [-0.2, 0) is 22.7 Å². The van der Waals surface area contributed by atoms with Crippen molar-refractivity contribution in [2.24, 2.45) is 0 Å². The van der Waals surface area contributed by atoms with E-state index >= 15 is 0 Å². The van der Waals surface area contributed by atoms with E-state index in [2.05, 4.69) is 20.9 Å². The molecule has 190 valence electrons. The summed E-state index contributed by atoms with van der Waals surface area (Å²) < 4.78 is 7.60. The highest BCUT2D eigenvalue weighted by Gasteiger charge is 2.22. The lowest BCUT2D eigenvalue weighted by molar-refractivity contribution is -0.129. The van der Waals surface area contributed by atoms with E-state index in [4.69, 9.17) is 4.74 Å². The number of nitrogens with zero attached hydrogens (tertiary/aromatic N) is 4. The summed E-state index contributed by atoms with van der Waals surface area (Å²) in [5.41, 5.74) is 2.00. The molecule has 0 spiro atoms. The summed E-state index contributed by atoms with van der Waals surface area (Å²) in [6.45, 7) is 5.67. The summed E-state index contributed by atoms with van der Waals surface area (Å²) in [5, 5.41) is 14.1. The van der Waals surface area contributed by atoms with Crippen molar-refractivity contribution >= 4 is 29.5 Å². The normalized spacial score (nSPS) is 18.3. The molecule has 4 bridgehead atoms. The Balaban J connectivity index is 1.79. The molecule has 0 saturated heterocycles. The number of hydrogen-bond donors (Lipinski definition) is 2. The quantitative estimate of drug-likeness (QED) is 0.657. The first-order chi connectivity index (χ1) is 16.9. The molecule has 2 heterocycles. The number of nitrogens with one attached hydrogen (secondary N) is 2. The molecule has 3 rings (SSSR count). The Bertz CT molecular complexity index is 1030. The zero-order chi connectivity index (χ0) is 25.2. The highest BCUT2D eigenvalue weighted by atomic mass is 32.2. The standard InChI is InChI=1S/C24H34N6O4S/c1-17-6-7-20-14-21(17)23(32)26-22(8-13-35-3)24(33)25-9-4-10-29(18(2)31)15-19-16-30(28-27-19)11-5-12-34-20/h6-7,14,16,22H,4-5,8-13,15H2,1-3H3,(H,25,33)(H,26,32)/t22-/m0/s1. The molecule has 35 heavy (non-hydrogen) atoms. The number of carbonyl (C=O) groups excluding carboxylic acids is 3. The molecule has 0 radical (unpaired) electrons. The predicted molar refractivity (Wildman–Crippen MR) is 134 cm³/mol. The topological polar surface area (TPSA) is 118 Å². The monoisotopic (exact) mass is 502 g/mol. The van der Waals surface area contributed by atoms with Crippen molar-refractivity contribution < 1.29 is 19.1 Å². The van der Waals surface area contributed by atoms with Crippen LogP contribution in [0.4, 0.5) is 0 Å². The smallest absolute Gasteiger partial charge is 0.252 e. The van der Waals surface area contributed by atoms with Gasteiger partial charge in [0, 0.05) is 38.5 Å². The summed E-state index contributed by atoms with van der Waals surface area (Å²) in [5.74, 6) is 0.727. The number of carbonyl (C=O) groups is 3. The molecule has 0 fully saturated rings. The number of aryl methyl sites for hydroxylation is 2. The zero-order valence-corrected chi connectivity index (χ0v) is 21.4. The van der Waals surface area contributed by atoms with Crippen LogP contribution < -0.4 is 15.4 Å². The molecular weight excluding hydrogens is 468 g/mol. The van der Waals surface area contributed by atoms with Crippen LogP contribution in [0.3, 0.4) is 0 Å². The summed E-state index contributed by atoms with van der Waals surface area (Å²) in [6.07, 6.45) is 5.60. The number of hydrogen-bond acceptors (Lipinski definition) is 7. The minimum atomic E-state index is -0.650. The third-order valence-corrected chi connectivity index (χ3v) is 6.42. The van der Waals surface area contributed by atoms with Crippen molar-refractivity contribution in [3.05, 3.63) is 41.2 Å². The van der Waals surface area contributed by atoms with Gasteiger partial charge in [0.1, 0.15) is 17.5 Å². The van der Waals surface area contributed by atoms with Crippen LogP contribution >= 0.6 is 11.8 Å². The molecule has 10 nitrogen and oxygen atoms in total. The Morgan fingerprint density at radius 1 is 1.26 bits per heavy atom. The predicted octanol–water partition coefficient (Wildman–Crippen LogP) is 1.78. The molecule has 0 saturated carbocycles. The Morgan fingerprint density at radius 2 is 2.09 bits per heavy atom. The second-order valence-corrected chi connectivity index (χ2v) is 9.53. The second kappa shape index (κ2) is 13.1. The summed E-state index contributed by atoms with van der Waals surface area (Å²) in [6, 6.07) is 4.75. The van der Waals surface area contributed by atoms with Crippen molar-refractivity contribution in [1.82, 2.24) is 30.5 Å². The zero-order valence-electron chi connectivity index (χ0n) is 20.6. The van der Waals surface area contributed by atoms with E-state index in [1.54, 1.807) is 27.4 Å². The van der Waals surface area contributed by atoms with Crippen molar-refractivity contribution in [2.75, 3.05) is 31.7 Å². The summed E-state index contributed by atoms with van der Waals surface area (Å²) in [7, 11) is 0. The minimum Gasteiger partial charge on any atom is -0.494 e. The highest BCUT2D eigenvalue weighted by Crippen LogP contribution is 2.18. The maximum absolute atomic E-state index is 13.1. The lowest BCUT2D eigenvalue weighted by atomic mass is 10.1. The number of thioether (sulfide) groups is 1. The Labute approximate surface area is 210 Å². The maximum Gasteiger partial charge on any atom is 0.252 e. The molecule has 0 aliphatic carbocycles. The fourth-order valence-corrected chi connectivity index (χ4v) is 4.23. The van der Waals surface area contributed by atoms with E-state index in [0.29, 0.717) is 69.1 Å². The van der Waals surface area contributed by atoms with Crippen LogP contribution in [0, 0.1) is 6.92 Å². The third-order valence-electron chi connectivity index (χ3n) is 5.77. The lowest BCUT2D eigenvalue weighted by Gasteiger charge is -2.21. The van der Waals surface area contributed by atoms with Crippen LogP contribution in [0.1, 0.15) is 47.8 Å². The van der Waals surface area contributed by atoms with Gasteiger partial charge in [-0.2, -0.15) is 11.8 Å². The number of amides is 3. The Hall–Kier alpha value is -3.08. The van der Waals surface area contributed by atoms with Crippen molar-refractivity contribution in [1.29, 1.82) is 0 Å². The SMILES string of the molecule is CSCC[C@@H]1NC(=O)c2cc(ccc2C)OCCCn2cc(nn2)CN(C(C)=O)CCCNC1=O. The van der Waals surface area contributed by atoms with E-state index in [-0.39, 0.29) is 17.7 Å². The van der Waals surface area contributed by atoms with Crippen LogP contribution in [0.5, 0.6) is 5.75 Å². The molecular formula is C24H34N6O4S. The summed E-state index contributed by atoms with van der Waals surface area (Å²) in [4.78, 5) is 39.7. The number of aromatic nitrogens is 3. The molecule has 2 N–H and O–H groups in total. The second-order valence-electron chi connectivity index (χ2n) is 8.54. The minimum absolute atomic E-state index is 0.0666. The van der Waals surface area contributed by atoms with Gasteiger partial charge >= 0.3 is 0 Å². The van der Waals surface area contributed by atoms with E-state index in [1.165, 1.54) is 6.92 Å². The molecule has 11 heteroatoms. The van der Waals surface area contributed by atoms with Crippen molar-refractivity contribution in [3.63, 3.8) is 0 Å². The number of benzene rings is 1. The molecule has 1 aliphatic rings. The molecule has 1 aliphatic heterocycles. The first kappa shape index (κ1) is 26.5. The molecule has 3 amide bonds. The van der Waals surface area contributed by atoms with Crippen LogP contribution in [-0.4, -0.2) is 75.4 Å². The van der Waals surface area contributed by atoms with E-state index < -0.39 is 6.04 Å². The fraction of sp³-hybridized carbons (Fsp3) is 0.542. The first-order valence-corrected chi connectivity index (χ1v) is 13.2. The Kier molecular flexibility index (Phi) is 9.95. The van der Waals surface area contributed by atoms with Gasteiger partial charge < -0.3 is 20.3 Å². The molecule has 1 aromatic heterocycles. The van der Waals surface area contributed by atoms with E-state index in [0.717, 1.165) is 11.3 Å². The number of fused-ring (bicyclic) bond motifs is 4. The lowest BCUT2D eigenvalue weighted by Crippen LogP contribution is -2.47. The van der Waals surface area contributed by atoms with Gasteiger partial charge in [-0.3, -0.25) is 19.1 Å². The van der Waals surface area contributed by atoms with Gasteiger partial charge in [-0.25, -0.2) is 0 Å². The molecule has 2 aromatic rings. The maximum atomic E-state index is 13.1. The van der Waals surface area contributed by atoms with E-state index in [9.17, 15) is 14.4 Å². The van der Waals surface area contributed by atoms with Gasteiger partial charge in [0.25, 0.3) is 5.91 Å². The molecule has 1 aromatic carbocycles.